The molecule has 7 nitrogen and oxygen atoms in total. The summed E-state index contributed by atoms with van der Waals surface area (Å²) in [6.07, 6.45) is 3.29. The highest BCUT2D eigenvalue weighted by molar-refractivity contribution is 7.89. The molecule has 4 rings (SSSR count). The van der Waals surface area contributed by atoms with Crippen LogP contribution in [0.25, 0.3) is 11.3 Å². The molecular weight excluding hydrogens is 536 g/mol. The summed E-state index contributed by atoms with van der Waals surface area (Å²) < 4.78 is 61.5. The molecule has 1 aliphatic heterocycles. The number of rotatable bonds is 9. The summed E-state index contributed by atoms with van der Waals surface area (Å²) in [4.78, 5) is 17.8. The van der Waals surface area contributed by atoms with Crippen LogP contribution in [0.1, 0.15) is 77.0 Å². The van der Waals surface area contributed by atoms with Crippen LogP contribution in [0.4, 0.5) is 8.78 Å². The van der Waals surface area contributed by atoms with Gasteiger partial charge in [0.2, 0.25) is 15.9 Å². The van der Waals surface area contributed by atoms with E-state index in [1.807, 2.05) is 25.1 Å². The second-order valence-corrected chi connectivity index (χ2v) is 13.9. The van der Waals surface area contributed by atoms with Crippen LogP contribution in [0.2, 0.25) is 0 Å². The summed E-state index contributed by atoms with van der Waals surface area (Å²) in [5, 5.41) is 3.39. The lowest BCUT2D eigenvalue weighted by molar-refractivity contribution is -0.158. The van der Waals surface area contributed by atoms with E-state index in [2.05, 4.69) is 5.32 Å². The summed E-state index contributed by atoms with van der Waals surface area (Å²) in [6, 6.07) is 10.0. The SMILES string of the molecule is Cc1ccc(S(=O)(=O)N2CCC[C@H]2C(=O)OC(C)(C)C)c(-c2cccc(CCCNC3CCC(F)(F)CC3)n2)c1. The molecule has 2 aromatic rings. The molecule has 2 heterocycles. The van der Waals surface area contributed by atoms with Crippen molar-refractivity contribution in [2.24, 2.45) is 0 Å². The van der Waals surface area contributed by atoms with Gasteiger partial charge in [-0.3, -0.25) is 9.78 Å². The number of alkyl halides is 2. The minimum absolute atomic E-state index is 0.0635. The van der Waals surface area contributed by atoms with Crippen LogP contribution in [-0.2, 0) is 26.0 Å². The predicted octanol–water partition coefficient (Wildman–Crippen LogP) is 5.65. The van der Waals surface area contributed by atoms with Gasteiger partial charge < -0.3 is 10.1 Å². The number of carbonyl (C=O) groups is 1. The molecule has 1 saturated heterocycles. The zero-order valence-electron chi connectivity index (χ0n) is 23.9. The first-order valence-corrected chi connectivity index (χ1v) is 15.6. The molecule has 10 heteroatoms. The van der Waals surface area contributed by atoms with Crippen LogP contribution in [0.3, 0.4) is 0 Å². The topological polar surface area (TPSA) is 88.6 Å². The lowest BCUT2D eigenvalue weighted by atomic mass is 9.92. The second kappa shape index (κ2) is 12.2. The maximum atomic E-state index is 13.9. The van der Waals surface area contributed by atoms with E-state index < -0.39 is 33.6 Å². The first-order valence-electron chi connectivity index (χ1n) is 14.2. The average Bonchev–Trinajstić information content (AvgIpc) is 3.38. The highest BCUT2D eigenvalue weighted by atomic mass is 32.2. The summed E-state index contributed by atoms with van der Waals surface area (Å²) in [7, 11) is -4.01. The van der Waals surface area contributed by atoms with E-state index >= 15 is 0 Å². The quantitative estimate of drug-likeness (QED) is 0.306. The second-order valence-electron chi connectivity index (χ2n) is 12.0. The number of esters is 1. The predicted molar refractivity (Wildman–Crippen MR) is 151 cm³/mol. The molecule has 40 heavy (non-hydrogen) atoms. The highest BCUT2D eigenvalue weighted by Crippen LogP contribution is 2.35. The molecule has 1 atom stereocenters. The van der Waals surface area contributed by atoms with Gasteiger partial charge >= 0.3 is 5.97 Å². The molecule has 1 aromatic heterocycles. The molecular formula is C30H41F2N3O4S. The van der Waals surface area contributed by atoms with E-state index in [1.54, 1.807) is 39.0 Å². The fraction of sp³-hybridized carbons (Fsp3) is 0.600. The normalized spacial score (nSPS) is 20.5. The maximum Gasteiger partial charge on any atom is 0.324 e. The minimum atomic E-state index is -4.01. The molecule has 1 aromatic carbocycles. The molecule has 220 valence electrons. The number of hydrogen-bond acceptors (Lipinski definition) is 6. The molecule has 2 aliphatic rings. The van der Waals surface area contributed by atoms with Crippen molar-refractivity contribution >= 4 is 16.0 Å². The highest BCUT2D eigenvalue weighted by Gasteiger charge is 2.42. The van der Waals surface area contributed by atoms with Gasteiger partial charge in [-0.1, -0.05) is 17.7 Å². The Labute approximate surface area is 236 Å². The van der Waals surface area contributed by atoms with E-state index in [9.17, 15) is 22.0 Å². The first-order chi connectivity index (χ1) is 18.7. The number of halogens is 2. The number of aryl methyl sites for hydroxylation is 2. The van der Waals surface area contributed by atoms with E-state index in [0.717, 1.165) is 17.7 Å². The Balaban J connectivity index is 1.49. The van der Waals surface area contributed by atoms with Crippen molar-refractivity contribution in [3.8, 4) is 11.3 Å². The Morgan fingerprint density at radius 3 is 2.58 bits per heavy atom. The molecule has 0 bridgehead atoms. The number of ether oxygens (including phenoxy) is 1. The summed E-state index contributed by atoms with van der Waals surface area (Å²) >= 11 is 0. The van der Waals surface area contributed by atoms with E-state index in [0.29, 0.717) is 49.9 Å². The Morgan fingerprint density at radius 1 is 1.15 bits per heavy atom. The number of aromatic nitrogens is 1. The van der Waals surface area contributed by atoms with Crippen LogP contribution in [0, 0.1) is 6.92 Å². The van der Waals surface area contributed by atoms with Gasteiger partial charge in [-0.25, -0.2) is 17.2 Å². The van der Waals surface area contributed by atoms with Gasteiger partial charge in [0.05, 0.1) is 10.6 Å². The monoisotopic (exact) mass is 577 g/mol. The van der Waals surface area contributed by atoms with Crippen LogP contribution in [-0.4, -0.2) is 60.4 Å². The van der Waals surface area contributed by atoms with Crippen molar-refractivity contribution in [2.75, 3.05) is 13.1 Å². The van der Waals surface area contributed by atoms with E-state index in [1.165, 1.54) is 4.31 Å². The minimum Gasteiger partial charge on any atom is -0.459 e. The van der Waals surface area contributed by atoms with Crippen LogP contribution < -0.4 is 5.32 Å². The van der Waals surface area contributed by atoms with E-state index in [-0.39, 0.29) is 30.3 Å². The third-order valence-electron chi connectivity index (χ3n) is 7.45. The lowest BCUT2D eigenvalue weighted by Crippen LogP contribution is -2.43. The van der Waals surface area contributed by atoms with Gasteiger partial charge in [0.25, 0.3) is 0 Å². The Kier molecular flexibility index (Phi) is 9.31. The van der Waals surface area contributed by atoms with Crippen molar-refractivity contribution < 1.29 is 26.7 Å². The van der Waals surface area contributed by atoms with E-state index in [4.69, 9.17) is 9.72 Å². The molecule has 2 fully saturated rings. The van der Waals surface area contributed by atoms with Crippen molar-refractivity contribution in [1.29, 1.82) is 0 Å². The standard InChI is InChI=1S/C30H41F2N3O4S/c1-21-12-13-27(40(37,38)35-19-7-11-26(35)28(36)39-29(2,3)4)24(20-21)25-10-5-8-23(34-25)9-6-18-33-22-14-16-30(31,32)17-15-22/h5,8,10,12-13,20,22,26,33H,6-7,9,11,14-19H2,1-4H3/t26-/m0/s1. The molecule has 0 spiro atoms. The fourth-order valence-corrected chi connectivity index (χ4v) is 7.25. The average molecular weight is 578 g/mol. The number of nitrogens with one attached hydrogen (secondary N) is 1. The number of benzene rings is 1. The number of sulfonamides is 1. The van der Waals surface area contributed by atoms with Crippen molar-refractivity contribution in [3.05, 3.63) is 47.7 Å². The Hall–Kier alpha value is -2.43. The molecule has 0 radical (unpaired) electrons. The summed E-state index contributed by atoms with van der Waals surface area (Å²) in [6.45, 7) is 8.15. The van der Waals surface area contributed by atoms with Gasteiger partial charge in [0.15, 0.2) is 0 Å². The van der Waals surface area contributed by atoms with Crippen molar-refractivity contribution in [2.45, 2.75) is 108 Å². The van der Waals surface area contributed by atoms with Gasteiger partial charge in [-0.05, 0) is 97.0 Å². The zero-order valence-corrected chi connectivity index (χ0v) is 24.7. The fourth-order valence-electron chi connectivity index (χ4n) is 5.42. The number of hydrogen-bond donors (Lipinski definition) is 1. The van der Waals surface area contributed by atoms with Crippen LogP contribution in [0.15, 0.2) is 41.3 Å². The van der Waals surface area contributed by atoms with Gasteiger partial charge in [-0.15, -0.1) is 0 Å². The molecule has 1 aliphatic carbocycles. The largest absolute Gasteiger partial charge is 0.459 e. The number of carbonyl (C=O) groups excluding carboxylic acids is 1. The summed E-state index contributed by atoms with van der Waals surface area (Å²) in [5.41, 5.74) is 2.06. The van der Waals surface area contributed by atoms with Gasteiger partial charge in [0.1, 0.15) is 11.6 Å². The smallest absolute Gasteiger partial charge is 0.324 e. The molecule has 1 saturated carbocycles. The third kappa shape index (κ3) is 7.64. The van der Waals surface area contributed by atoms with Crippen LogP contribution in [0.5, 0.6) is 0 Å². The van der Waals surface area contributed by atoms with Crippen molar-refractivity contribution in [1.82, 2.24) is 14.6 Å². The van der Waals surface area contributed by atoms with Crippen LogP contribution >= 0.6 is 0 Å². The number of pyridine rings is 1. The molecule has 1 N–H and O–H groups in total. The van der Waals surface area contributed by atoms with Gasteiger partial charge in [-0.2, -0.15) is 4.31 Å². The van der Waals surface area contributed by atoms with Crippen molar-refractivity contribution in [3.63, 3.8) is 0 Å². The van der Waals surface area contributed by atoms with Gasteiger partial charge in [0, 0.05) is 36.7 Å². The first kappa shape index (κ1) is 30.5. The Morgan fingerprint density at radius 2 is 1.88 bits per heavy atom. The lowest BCUT2D eigenvalue weighted by Gasteiger charge is -2.28. The number of nitrogens with zero attached hydrogens (tertiary/aromatic N) is 2. The molecule has 0 amide bonds. The summed E-state index contributed by atoms with van der Waals surface area (Å²) in [5.74, 6) is -3.06. The zero-order chi connectivity index (χ0) is 29.1. The Bertz CT molecular complexity index is 1300. The molecule has 0 unspecified atom stereocenters. The third-order valence-corrected chi connectivity index (χ3v) is 9.41. The maximum absolute atomic E-state index is 13.9.